The van der Waals surface area contributed by atoms with E-state index in [1.54, 1.807) is 13.5 Å². The van der Waals surface area contributed by atoms with Crippen LogP contribution in [0.4, 0.5) is 0 Å². The molecule has 0 amide bonds. The molecule has 3 heteroatoms. The van der Waals surface area contributed by atoms with Gasteiger partial charge in [-0.3, -0.25) is 0 Å². The van der Waals surface area contributed by atoms with Crippen molar-refractivity contribution in [3.63, 3.8) is 0 Å². The maximum absolute atomic E-state index is 8.53. The summed E-state index contributed by atoms with van der Waals surface area (Å²) in [6, 6.07) is 2.08. The largest absolute Gasteiger partial charge is 0.384 e. The second kappa shape index (κ2) is 10.1. The van der Waals surface area contributed by atoms with Gasteiger partial charge >= 0.3 is 0 Å². The van der Waals surface area contributed by atoms with Gasteiger partial charge in [-0.2, -0.15) is 5.26 Å². The van der Waals surface area contributed by atoms with Crippen LogP contribution in [0.15, 0.2) is 0 Å². The van der Waals surface area contributed by atoms with Crippen LogP contribution in [0.1, 0.15) is 0 Å². The Hall–Kier alpha value is -0.0305. The van der Waals surface area contributed by atoms with Crippen LogP contribution in [0.3, 0.4) is 0 Å². The van der Waals surface area contributed by atoms with Gasteiger partial charge in [0.2, 0.25) is 0 Å². The molecule has 0 atom stereocenters. The Labute approximate surface area is 110 Å². The van der Waals surface area contributed by atoms with Crippen LogP contribution >= 0.6 is 0 Å². The van der Waals surface area contributed by atoms with E-state index in [9.17, 15) is 0 Å². The van der Waals surface area contributed by atoms with Gasteiger partial charge in [-0.15, -0.1) is 0 Å². The van der Waals surface area contributed by atoms with Crippen molar-refractivity contribution in [2.75, 3.05) is 13.7 Å². The van der Waals surface area contributed by atoms with E-state index in [2.05, 4.69) is 6.07 Å². The number of methoxy groups -OCH3 is 1. The van der Waals surface area contributed by atoms with E-state index < -0.39 is 0 Å². The number of hydrogen-bond acceptors (Lipinski definition) is 2. The maximum Gasteiger partial charge on any atom is 0.0891 e. The number of nitrogens with zero attached hydrogens (tertiary/aromatic N) is 1. The Balaban J connectivity index is 0.000000318. The van der Waals surface area contributed by atoms with Gasteiger partial charge in [0.25, 0.3) is 0 Å². The summed E-state index contributed by atoms with van der Waals surface area (Å²) in [7, 11) is 1.62. The molecule has 2 saturated carbocycles. The van der Waals surface area contributed by atoms with E-state index in [0.717, 1.165) is 5.92 Å². The van der Waals surface area contributed by atoms with Gasteiger partial charge in [-0.05, 0) is 51.4 Å². The predicted molar refractivity (Wildman–Crippen MR) is 58.4 cm³/mol. The topological polar surface area (TPSA) is 33.0 Å². The third-order valence-corrected chi connectivity index (χ3v) is 1.88. The van der Waals surface area contributed by atoms with Crippen LogP contribution < -0.4 is 0 Å². The zero-order chi connectivity index (χ0) is 10.9. The number of hydrogen-bond donors (Lipinski definition) is 0. The second-order valence-corrected chi connectivity index (χ2v) is 2.97. The van der Waals surface area contributed by atoms with E-state index in [1.807, 2.05) is 44.9 Å². The fraction of sp³-hybridized carbons (Fsp3) is 0.154. The molecule has 2 nitrogen and oxygen atoms in total. The van der Waals surface area contributed by atoms with Gasteiger partial charge in [0, 0.05) is 30.1 Å². The van der Waals surface area contributed by atoms with Crippen LogP contribution in [0.2, 0.25) is 0 Å². The number of nitriles is 1. The molecule has 0 aromatic carbocycles. The predicted octanol–water partition coefficient (Wildman–Crippen LogP) is 1.95. The van der Waals surface area contributed by atoms with E-state index in [0.29, 0.717) is 12.5 Å². The van der Waals surface area contributed by atoms with Crippen molar-refractivity contribution in [3.05, 3.63) is 63.2 Å². The average Bonchev–Trinajstić information content (AvgIpc) is 2.92. The summed E-state index contributed by atoms with van der Waals surface area (Å²) in [5.74, 6) is 1.67. The summed E-state index contributed by atoms with van der Waals surface area (Å²) in [5, 5.41) is 8.53. The average molecular weight is 255 g/mol. The molecule has 0 saturated heterocycles. The summed E-state index contributed by atoms with van der Waals surface area (Å²) in [6.07, 6.45) is 15.5. The molecule has 0 aromatic rings. The molecule has 2 aliphatic rings. The summed E-state index contributed by atoms with van der Waals surface area (Å²) < 4.78 is 4.88. The molecular formula is C13H13FeNO. The Kier molecular flexibility index (Phi) is 10.1. The second-order valence-electron chi connectivity index (χ2n) is 2.97. The number of rotatable bonds is 2. The van der Waals surface area contributed by atoms with Gasteiger partial charge in [-0.1, -0.05) is 0 Å². The van der Waals surface area contributed by atoms with Crippen molar-refractivity contribution in [2.24, 2.45) is 0 Å². The molecule has 16 heavy (non-hydrogen) atoms. The quantitative estimate of drug-likeness (QED) is 0.706. The standard InChI is InChI=1S/C8H8NO.C5H5.Fe/c1-10-6-8-4-2-3-7(8)5-9;1-2-4-5-3-1;/h2-4H,6H2,1H3;1-5H;. The molecule has 10 radical (unpaired) electrons. The Bertz CT molecular complexity index is 191. The molecule has 0 aliphatic heterocycles. The molecule has 2 rings (SSSR count). The number of ether oxygens (including phenoxy) is 1. The van der Waals surface area contributed by atoms with E-state index in [4.69, 9.17) is 10.00 Å². The third kappa shape index (κ3) is 5.89. The van der Waals surface area contributed by atoms with Gasteiger partial charge in [0.1, 0.15) is 0 Å². The van der Waals surface area contributed by atoms with Crippen LogP contribution in [0, 0.1) is 74.5 Å². The zero-order valence-corrected chi connectivity index (χ0v) is 10.1. The van der Waals surface area contributed by atoms with Crippen molar-refractivity contribution < 1.29 is 21.8 Å². The minimum Gasteiger partial charge on any atom is -0.384 e. The minimum absolute atomic E-state index is 0. The molecule has 84 valence electrons. The van der Waals surface area contributed by atoms with Crippen LogP contribution in [0.25, 0.3) is 0 Å². The smallest absolute Gasteiger partial charge is 0.0891 e. The molecule has 0 spiro atoms. The van der Waals surface area contributed by atoms with Crippen molar-refractivity contribution in [2.45, 2.75) is 0 Å². The third-order valence-electron chi connectivity index (χ3n) is 1.88. The molecule has 2 fully saturated rings. The van der Waals surface area contributed by atoms with Crippen LogP contribution in [-0.2, 0) is 21.8 Å². The Morgan fingerprint density at radius 2 is 1.62 bits per heavy atom. The first-order valence-electron chi connectivity index (χ1n) is 4.68. The normalized spacial score (nSPS) is 20.8. The molecule has 2 aliphatic carbocycles. The van der Waals surface area contributed by atoms with Gasteiger partial charge in [0.15, 0.2) is 0 Å². The van der Waals surface area contributed by atoms with Crippen molar-refractivity contribution in [3.8, 4) is 6.07 Å². The first-order chi connectivity index (χ1) is 7.38. The first-order valence-corrected chi connectivity index (χ1v) is 4.68. The van der Waals surface area contributed by atoms with Crippen molar-refractivity contribution in [1.82, 2.24) is 0 Å². The summed E-state index contributed by atoms with van der Waals surface area (Å²) >= 11 is 0. The van der Waals surface area contributed by atoms with Gasteiger partial charge in [-0.25, -0.2) is 0 Å². The monoisotopic (exact) mass is 255 g/mol. The molecule has 0 aromatic heterocycles. The van der Waals surface area contributed by atoms with E-state index >= 15 is 0 Å². The summed E-state index contributed by atoms with van der Waals surface area (Å²) in [6.45, 7) is 0.524. The molecular weight excluding hydrogens is 242 g/mol. The summed E-state index contributed by atoms with van der Waals surface area (Å²) in [5.41, 5.74) is 0. The molecule has 0 unspecified atom stereocenters. The van der Waals surface area contributed by atoms with Crippen molar-refractivity contribution in [1.29, 1.82) is 5.26 Å². The molecule has 0 N–H and O–H groups in total. The van der Waals surface area contributed by atoms with Crippen LogP contribution in [-0.4, -0.2) is 13.7 Å². The van der Waals surface area contributed by atoms with Crippen molar-refractivity contribution >= 4 is 0 Å². The maximum atomic E-state index is 8.53. The van der Waals surface area contributed by atoms with E-state index in [1.165, 1.54) is 0 Å². The Morgan fingerprint density at radius 3 is 2.06 bits per heavy atom. The summed E-state index contributed by atoms with van der Waals surface area (Å²) in [4.78, 5) is 0. The van der Waals surface area contributed by atoms with Gasteiger partial charge in [0.05, 0.1) is 18.6 Å². The SMILES string of the molecule is COC[C]1[CH][CH][CH][C]1C#N.[CH]1[CH][CH][CH][CH]1.[Fe]. The Morgan fingerprint density at radius 1 is 1.06 bits per heavy atom. The first kappa shape index (κ1) is 16.0. The molecule has 0 bridgehead atoms. The zero-order valence-electron chi connectivity index (χ0n) is 9.03. The van der Waals surface area contributed by atoms with Crippen LogP contribution in [0.5, 0.6) is 0 Å². The fourth-order valence-electron chi connectivity index (χ4n) is 1.17. The van der Waals surface area contributed by atoms with Gasteiger partial charge < -0.3 is 4.74 Å². The fourth-order valence-corrected chi connectivity index (χ4v) is 1.17. The molecule has 0 heterocycles. The van der Waals surface area contributed by atoms with E-state index in [-0.39, 0.29) is 17.1 Å². The minimum atomic E-state index is 0.